The lowest BCUT2D eigenvalue weighted by Crippen LogP contribution is -2.21. The van der Waals surface area contributed by atoms with Crippen LogP contribution >= 0.6 is 23.2 Å². The molecular formula is C19H13Cl2N5O3S. The minimum atomic E-state index is -4.00. The number of sulfonamides is 1. The lowest BCUT2D eigenvalue weighted by atomic mass is 10.2. The molecule has 0 atom stereocenters. The van der Waals surface area contributed by atoms with Gasteiger partial charge in [0, 0.05) is 12.4 Å². The number of nitriles is 1. The van der Waals surface area contributed by atoms with Gasteiger partial charge in [0.15, 0.2) is 0 Å². The van der Waals surface area contributed by atoms with Crippen molar-refractivity contribution in [1.29, 1.82) is 5.26 Å². The summed E-state index contributed by atoms with van der Waals surface area (Å²) in [5.74, 6) is 0. The summed E-state index contributed by atoms with van der Waals surface area (Å²) in [6, 6.07) is 12.9. The average Bonchev–Trinajstić information content (AvgIpc) is 2.73. The van der Waals surface area contributed by atoms with Gasteiger partial charge < -0.3 is 10.6 Å². The normalized spacial score (nSPS) is 10.7. The Hall–Kier alpha value is -3.32. The van der Waals surface area contributed by atoms with Crippen molar-refractivity contribution >= 4 is 56.3 Å². The lowest BCUT2D eigenvalue weighted by molar-refractivity contribution is 0.262. The molecule has 0 radical (unpaired) electrons. The maximum atomic E-state index is 12.6. The molecule has 0 saturated heterocycles. The van der Waals surface area contributed by atoms with Gasteiger partial charge >= 0.3 is 6.03 Å². The van der Waals surface area contributed by atoms with E-state index in [0.29, 0.717) is 0 Å². The number of nitrogens with zero attached hydrogens (tertiary/aromatic N) is 2. The Bertz CT molecular complexity index is 1240. The highest BCUT2D eigenvalue weighted by molar-refractivity contribution is 7.92. The number of pyridine rings is 1. The van der Waals surface area contributed by atoms with Crippen LogP contribution in [0.25, 0.3) is 0 Å². The quantitative estimate of drug-likeness (QED) is 0.507. The van der Waals surface area contributed by atoms with Gasteiger partial charge in [-0.15, -0.1) is 0 Å². The fourth-order valence-electron chi connectivity index (χ4n) is 2.39. The van der Waals surface area contributed by atoms with Crippen molar-refractivity contribution in [2.45, 2.75) is 4.90 Å². The molecule has 3 N–H and O–H groups in total. The number of aromatic nitrogens is 1. The number of rotatable bonds is 5. The fraction of sp³-hybridized carbons (Fsp3) is 0. The van der Waals surface area contributed by atoms with E-state index in [4.69, 9.17) is 28.5 Å². The first-order valence-electron chi connectivity index (χ1n) is 8.29. The first kappa shape index (κ1) is 21.4. The zero-order valence-corrected chi connectivity index (χ0v) is 17.4. The molecule has 0 fully saturated rings. The van der Waals surface area contributed by atoms with E-state index in [1.807, 2.05) is 6.07 Å². The maximum absolute atomic E-state index is 12.6. The van der Waals surface area contributed by atoms with E-state index in [1.165, 1.54) is 42.7 Å². The third-order valence-corrected chi connectivity index (χ3v) is 5.96. The fourth-order valence-corrected chi connectivity index (χ4v) is 3.77. The molecule has 0 bridgehead atoms. The predicted octanol–water partition coefficient (Wildman–Crippen LogP) is 4.70. The van der Waals surface area contributed by atoms with Gasteiger partial charge in [0.05, 0.1) is 38.7 Å². The molecule has 0 saturated carbocycles. The molecule has 3 aromatic rings. The molecule has 0 aliphatic heterocycles. The van der Waals surface area contributed by atoms with Gasteiger partial charge in [-0.25, -0.2) is 13.2 Å². The molecule has 2 aromatic carbocycles. The number of carbonyl (C=O) groups excluding carboxylic acids is 1. The zero-order valence-electron chi connectivity index (χ0n) is 15.1. The van der Waals surface area contributed by atoms with Crippen LogP contribution in [0.5, 0.6) is 0 Å². The van der Waals surface area contributed by atoms with Gasteiger partial charge in [0.2, 0.25) is 0 Å². The Morgan fingerprint density at radius 3 is 2.47 bits per heavy atom. The minimum Gasteiger partial charge on any atom is -0.306 e. The summed E-state index contributed by atoms with van der Waals surface area (Å²) in [5, 5.41) is 14.6. The molecule has 0 spiro atoms. The summed E-state index contributed by atoms with van der Waals surface area (Å²) >= 11 is 12.0. The summed E-state index contributed by atoms with van der Waals surface area (Å²) in [5.41, 5.74) is 0.595. The van der Waals surface area contributed by atoms with Crippen molar-refractivity contribution < 1.29 is 13.2 Å². The van der Waals surface area contributed by atoms with Gasteiger partial charge in [-0.05, 0) is 42.5 Å². The van der Waals surface area contributed by atoms with Gasteiger partial charge in [0.25, 0.3) is 10.0 Å². The second-order valence-electron chi connectivity index (χ2n) is 5.85. The summed E-state index contributed by atoms with van der Waals surface area (Å²) < 4.78 is 27.6. The number of carbonyl (C=O) groups is 1. The Morgan fingerprint density at radius 2 is 1.77 bits per heavy atom. The van der Waals surface area contributed by atoms with Crippen LogP contribution in [-0.4, -0.2) is 19.4 Å². The van der Waals surface area contributed by atoms with E-state index in [0.717, 1.165) is 0 Å². The number of hydrogen-bond acceptors (Lipinski definition) is 5. The third-order valence-electron chi connectivity index (χ3n) is 3.79. The van der Waals surface area contributed by atoms with Crippen molar-refractivity contribution in [2.24, 2.45) is 0 Å². The number of nitrogens with one attached hydrogen (secondary N) is 3. The summed E-state index contributed by atoms with van der Waals surface area (Å²) in [4.78, 5) is 16.1. The van der Waals surface area contributed by atoms with E-state index in [2.05, 4.69) is 20.3 Å². The monoisotopic (exact) mass is 461 g/mol. The summed E-state index contributed by atoms with van der Waals surface area (Å²) in [6.45, 7) is 0. The molecule has 1 aromatic heterocycles. The second-order valence-corrected chi connectivity index (χ2v) is 8.31. The molecule has 30 heavy (non-hydrogen) atoms. The van der Waals surface area contributed by atoms with Crippen LogP contribution in [0.15, 0.2) is 65.8 Å². The third kappa shape index (κ3) is 4.99. The van der Waals surface area contributed by atoms with Crippen LogP contribution in [0.3, 0.4) is 0 Å². The van der Waals surface area contributed by atoms with Crippen molar-refractivity contribution in [2.75, 3.05) is 15.4 Å². The maximum Gasteiger partial charge on any atom is 0.323 e. The Morgan fingerprint density at radius 1 is 1.00 bits per heavy atom. The van der Waals surface area contributed by atoms with E-state index >= 15 is 0 Å². The van der Waals surface area contributed by atoms with E-state index in [9.17, 15) is 13.2 Å². The summed E-state index contributed by atoms with van der Waals surface area (Å²) in [6.07, 6.45) is 2.62. The lowest BCUT2D eigenvalue weighted by Gasteiger charge is -2.15. The van der Waals surface area contributed by atoms with E-state index in [-0.39, 0.29) is 37.6 Å². The molecule has 0 unspecified atom stereocenters. The van der Waals surface area contributed by atoms with Gasteiger partial charge in [-0.1, -0.05) is 29.3 Å². The molecule has 0 aliphatic rings. The zero-order chi connectivity index (χ0) is 21.7. The van der Waals surface area contributed by atoms with Crippen LogP contribution in [0, 0.1) is 11.3 Å². The standard InChI is InChI=1S/C19H13Cl2N5O3S/c20-14-4-1-5-16(18(14)21)25-19(27)24-15-7-6-12(10-22)9-17(15)26-30(28,29)13-3-2-8-23-11-13/h1-9,11,26H,(H2,24,25,27). The molecule has 3 rings (SSSR count). The smallest absolute Gasteiger partial charge is 0.306 e. The number of anilines is 3. The SMILES string of the molecule is N#Cc1ccc(NC(=O)Nc2cccc(Cl)c2Cl)c(NS(=O)(=O)c2cccnc2)c1. The Kier molecular flexibility index (Phi) is 6.42. The molecule has 0 aliphatic carbocycles. The van der Waals surface area contributed by atoms with Crippen molar-refractivity contribution in [3.05, 3.63) is 76.5 Å². The number of hydrogen-bond donors (Lipinski definition) is 3. The predicted molar refractivity (Wildman–Crippen MR) is 115 cm³/mol. The van der Waals surface area contributed by atoms with Crippen molar-refractivity contribution in [1.82, 2.24) is 4.98 Å². The number of urea groups is 1. The van der Waals surface area contributed by atoms with Crippen molar-refractivity contribution in [3.8, 4) is 6.07 Å². The molecular weight excluding hydrogens is 449 g/mol. The first-order chi connectivity index (χ1) is 14.3. The Balaban J connectivity index is 1.87. The second kappa shape index (κ2) is 9.00. The highest BCUT2D eigenvalue weighted by Gasteiger charge is 2.18. The van der Waals surface area contributed by atoms with Gasteiger partial charge in [-0.2, -0.15) is 5.26 Å². The van der Waals surface area contributed by atoms with E-state index in [1.54, 1.807) is 18.2 Å². The highest BCUT2D eigenvalue weighted by atomic mass is 35.5. The Labute approximate surface area is 182 Å². The molecule has 152 valence electrons. The average molecular weight is 462 g/mol. The first-order valence-corrected chi connectivity index (χ1v) is 10.5. The summed E-state index contributed by atoms with van der Waals surface area (Å²) in [7, 11) is -4.00. The van der Waals surface area contributed by atoms with Crippen LogP contribution in [-0.2, 0) is 10.0 Å². The highest BCUT2D eigenvalue weighted by Crippen LogP contribution is 2.30. The minimum absolute atomic E-state index is 0.00486. The largest absolute Gasteiger partial charge is 0.323 e. The molecule has 2 amide bonds. The molecule has 8 nitrogen and oxygen atoms in total. The van der Waals surface area contributed by atoms with E-state index < -0.39 is 16.1 Å². The number of amides is 2. The number of halogens is 2. The molecule has 11 heteroatoms. The van der Waals surface area contributed by atoms with Crippen LogP contribution in [0.2, 0.25) is 10.0 Å². The van der Waals surface area contributed by atoms with Crippen LogP contribution in [0.1, 0.15) is 5.56 Å². The van der Waals surface area contributed by atoms with Crippen LogP contribution < -0.4 is 15.4 Å². The number of benzene rings is 2. The van der Waals surface area contributed by atoms with Crippen LogP contribution in [0.4, 0.5) is 21.9 Å². The van der Waals surface area contributed by atoms with Crippen molar-refractivity contribution in [3.63, 3.8) is 0 Å². The van der Waals surface area contributed by atoms with Gasteiger partial charge in [-0.3, -0.25) is 9.71 Å². The molecule has 1 heterocycles. The van der Waals surface area contributed by atoms with Gasteiger partial charge in [0.1, 0.15) is 4.90 Å². The topological polar surface area (TPSA) is 124 Å².